The van der Waals surface area contributed by atoms with Gasteiger partial charge in [0.25, 0.3) is 0 Å². The highest BCUT2D eigenvalue weighted by Gasteiger charge is 2.14. The molecule has 6 nitrogen and oxygen atoms in total. The number of aromatic nitrogens is 1. The SMILES string of the molecule is CC(=O)NCCC#Cc1cncc([N+](=O)[O-])c1Cl. The Kier molecular flexibility index (Phi) is 5.08. The lowest BCUT2D eigenvalue weighted by Crippen LogP contribution is -2.20. The van der Waals surface area contributed by atoms with Crippen LogP contribution < -0.4 is 5.32 Å². The van der Waals surface area contributed by atoms with Gasteiger partial charge in [0.05, 0.1) is 10.5 Å². The first-order chi connectivity index (χ1) is 8.52. The van der Waals surface area contributed by atoms with Gasteiger partial charge in [-0.3, -0.25) is 19.9 Å². The lowest BCUT2D eigenvalue weighted by molar-refractivity contribution is -0.385. The zero-order chi connectivity index (χ0) is 13.5. The van der Waals surface area contributed by atoms with Gasteiger partial charge in [-0.15, -0.1) is 0 Å². The van der Waals surface area contributed by atoms with Crippen molar-refractivity contribution in [3.05, 3.63) is 33.1 Å². The molecule has 1 amide bonds. The first-order valence-electron chi connectivity index (χ1n) is 5.03. The van der Waals surface area contributed by atoms with Crippen molar-refractivity contribution in [1.29, 1.82) is 0 Å². The van der Waals surface area contributed by atoms with Crippen LogP contribution in [-0.4, -0.2) is 22.4 Å². The van der Waals surface area contributed by atoms with E-state index in [4.69, 9.17) is 11.6 Å². The molecule has 1 aromatic rings. The number of carbonyl (C=O) groups is 1. The van der Waals surface area contributed by atoms with Crippen LogP contribution in [0.2, 0.25) is 5.02 Å². The molecule has 0 saturated heterocycles. The van der Waals surface area contributed by atoms with E-state index in [-0.39, 0.29) is 16.6 Å². The Balaban J connectivity index is 2.74. The standard InChI is InChI=1S/C11H10ClN3O3/c1-8(16)14-5-3-2-4-9-6-13-7-10(11(9)12)15(17)18/h6-7H,3,5H2,1H3,(H,14,16). The van der Waals surface area contributed by atoms with Gasteiger partial charge in [-0.1, -0.05) is 23.4 Å². The molecule has 18 heavy (non-hydrogen) atoms. The summed E-state index contributed by atoms with van der Waals surface area (Å²) in [4.78, 5) is 24.3. The van der Waals surface area contributed by atoms with E-state index in [2.05, 4.69) is 22.1 Å². The van der Waals surface area contributed by atoms with Gasteiger partial charge in [0.1, 0.15) is 11.2 Å². The maximum atomic E-state index is 10.6. The fourth-order valence-electron chi connectivity index (χ4n) is 1.11. The zero-order valence-corrected chi connectivity index (χ0v) is 10.3. The fourth-order valence-corrected chi connectivity index (χ4v) is 1.32. The second kappa shape index (κ2) is 6.57. The smallest absolute Gasteiger partial charge is 0.307 e. The number of hydrogen-bond acceptors (Lipinski definition) is 4. The molecule has 1 aromatic heterocycles. The second-order valence-corrected chi connectivity index (χ2v) is 3.69. The topological polar surface area (TPSA) is 85.1 Å². The van der Waals surface area contributed by atoms with Crippen LogP contribution >= 0.6 is 11.6 Å². The Bertz CT molecular complexity index is 534. The van der Waals surface area contributed by atoms with Crippen molar-refractivity contribution in [2.24, 2.45) is 0 Å². The average molecular weight is 268 g/mol. The fraction of sp³-hybridized carbons (Fsp3) is 0.273. The summed E-state index contributed by atoms with van der Waals surface area (Å²) < 4.78 is 0. The van der Waals surface area contributed by atoms with Gasteiger partial charge in [0.15, 0.2) is 0 Å². The highest BCUT2D eigenvalue weighted by Crippen LogP contribution is 2.25. The lowest BCUT2D eigenvalue weighted by atomic mass is 10.2. The first-order valence-corrected chi connectivity index (χ1v) is 5.41. The minimum absolute atomic E-state index is 0.0259. The molecule has 0 aliphatic rings. The van der Waals surface area contributed by atoms with Crippen LogP contribution in [-0.2, 0) is 4.79 Å². The van der Waals surface area contributed by atoms with E-state index in [9.17, 15) is 14.9 Å². The molecule has 0 aromatic carbocycles. The number of nitro groups is 1. The Hall–Kier alpha value is -2.13. The monoisotopic (exact) mass is 267 g/mol. The van der Waals surface area contributed by atoms with Crippen LogP contribution in [0.5, 0.6) is 0 Å². The van der Waals surface area contributed by atoms with Crippen molar-refractivity contribution in [2.45, 2.75) is 13.3 Å². The number of nitrogens with one attached hydrogen (secondary N) is 1. The lowest BCUT2D eigenvalue weighted by Gasteiger charge is -1.97. The number of carbonyl (C=O) groups excluding carboxylic acids is 1. The van der Waals surface area contributed by atoms with E-state index in [0.717, 1.165) is 6.20 Å². The molecule has 94 valence electrons. The number of nitrogens with zero attached hydrogens (tertiary/aromatic N) is 2. The molecule has 0 spiro atoms. The number of amides is 1. The largest absolute Gasteiger partial charge is 0.355 e. The molecule has 0 bridgehead atoms. The van der Waals surface area contributed by atoms with Gasteiger partial charge in [0.2, 0.25) is 5.91 Å². The number of rotatable bonds is 3. The maximum Gasteiger partial charge on any atom is 0.307 e. The van der Waals surface area contributed by atoms with Crippen molar-refractivity contribution in [3.8, 4) is 11.8 Å². The van der Waals surface area contributed by atoms with Crippen molar-refractivity contribution in [2.75, 3.05) is 6.54 Å². The summed E-state index contributed by atoms with van der Waals surface area (Å²) in [7, 11) is 0. The van der Waals surface area contributed by atoms with Gasteiger partial charge in [-0.2, -0.15) is 0 Å². The van der Waals surface area contributed by atoms with Crippen molar-refractivity contribution >= 4 is 23.2 Å². The van der Waals surface area contributed by atoms with Crippen LogP contribution in [0.4, 0.5) is 5.69 Å². The van der Waals surface area contributed by atoms with Crippen LogP contribution in [0.3, 0.4) is 0 Å². The van der Waals surface area contributed by atoms with Crippen LogP contribution in [0.15, 0.2) is 12.4 Å². The molecular formula is C11H10ClN3O3. The van der Waals surface area contributed by atoms with E-state index in [1.165, 1.54) is 13.1 Å². The summed E-state index contributed by atoms with van der Waals surface area (Å²) in [6.45, 7) is 1.83. The zero-order valence-electron chi connectivity index (χ0n) is 9.57. The van der Waals surface area contributed by atoms with Gasteiger partial charge in [-0.25, -0.2) is 0 Å². The van der Waals surface area contributed by atoms with Crippen molar-refractivity contribution in [1.82, 2.24) is 10.3 Å². The number of hydrogen-bond donors (Lipinski definition) is 1. The molecular weight excluding hydrogens is 258 g/mol. The summed E-state index contributed by atoms with van der Waals surface area (Å²) in [6.07, 6.45) is 2.87. The van der Waals surface area contributed by atoms with E-state index in [1.807, 2.05) is 0 Å². The van der Waals surface area contributed by atoms with E-state index in [0.29, 0.717) is 18.5 Å². The molecule has 1 N–H and O–H groups in total. The number of pyridine rings is 1. The van der Waals surface area contributed by atoms with Crippen molar-refractivity contribution < 1.29 is 9.72 Å². The van der Waals surface area contributed by atoms with Gasteiger partial charge in [-0.05, 0) is 0 Å². The number of halogens is 1. The Morgan fingerprint density at radius 3 is 2.94 bits per heavy atom. The average Bonchev–Trinajstić information content (AvgIpc) is 2.30. The molecule has 0 atom stereocenters. The summed E-state index contributed by atoms with van der Waals surface area (Å²) in [5, 5.41) is 13.2. The van der Waals surface area contributed by atoms with Crippen LogP contribution in [0.1, 0.15) is 18.9 Å². The Morgan fingerprint density at radius 2 is 2.33 bits per heavy atom. The van der Waals surface area contributed by atoms with E-state index >= 15 is 0 Å². The molecule has 0 aliphatic carbocycles. The molecule has 0 fully saturated rings. The summed E-state index contributed by atoms with van der Waals surface area (Å²) in [5.41, 5.74) is 0.0269. The predicted octanol–water partition coefficient (Wildman–Crippen LogP) is 1.52. The van der Waals surface area contributed by atoms with E-state index in [1.54, 1.807) is 0 Å². The van der Waals surface area contributed by atoms with Gasteiger partial charge >= 0.3 is 5.69 Å². The Morgan fingerprint density at radius 1 is 1.61 bits per heavy atom. The Labute approximate surface area is 109 Å². The van der Waals surface area contributed by atoms with E-state index < -0.39 is 4.92 Å². The molecule has 1 heterocycles. The third-order valence-corrected chi connectivity index (χ3v) is 2.30. The third kappa shape index (κ3) is 4.03. The summed E-state index contributed by atoms with van der Waals surface area (Å²) in [6, 6.07) is 0. The van der Waals surface area contributed by atoms with Crippen LogP contribution in [0, 0.1) is 22.0 Å². The molecule has 7 heteroatoms. The van der Waals surface area contributed by atoms with Gasteiger partial charge < -0.3 is 5.32 Å². The molecule has 0 radical (unpaired) electrons. The molecule has 0 unspecified atom stereocenters. The highest BCUT2D eigenvalue weighted by atomic mass is 35.5. The summed E-state index contributed by atoms with van der Waals surface area (Å²) >= 11 is 5.81. The summed E-state index contributed by atoms with van der Waals surface area (Å²) in [5.74, 6) is 5.30. The minimum atomic E-state index is -0.613. The third-order valence-electron chi connectivity index (χ3n) is 1.91. The minimum Gasteiger partial charge on any atom is -0.355 e. The maximum absolute atomic E-state index is 10.6. The first kappa shape index (κ1) is 13.9. The predicted molar refractivity (Wildman–Crippen MR) is 66.1 cm³/mol. The normalized spacial score (nSPS) is 9.22. The second-order valence-electron chi connectivity index (χ2n) is 3.31. The molecule has 0 aliphatic heterocycles. The molecule has 0 saturated carbocycles. The van der Waals surface area contributed by atoms with Gasteiger partial charge in [0, 0.05) is 26.1 Å². The van der Waals surface area contributed by atoms with Crippen LogP contribution in [0.25, 0.3) is 0 Å². The van der Waals surface area contributed by atoms with Crippen molar-refractivity contribution in [3.63, 3.8) is 0 Å². The highest BCUT2D eigenvalue weighted by molar-refractivity contribution is 6.33. The molecule has 1 rings (SSSR count). The quantitative estimate of drug-likeness (QED) is 0.389.